The minimum atomic E-state index is -0.250. The van der Waals surface area contributed by atoms with Gasteiger partial charge in [0.25, 0.3) is 5.91 Å². The molecule has 1 aliphatic carbocycles. The summed E-state index contributed by atoms with van der Waals surface area (Å²) in [6, 6.07) is 6.03. The first kappa shape index (κ1) is 15.7. The maximum absolute atomic E-state index is 12.1. The molecule has 0 bridgehead atoms. The van der Waals surface area contributed by atoms with Gasteiger partial charge < -0.3 is 11.1 Å². The Kier molecular flexibility index (Phi) is 4.74. The van der Waals surface area contributed by atoms with E-state index in [0.717, 1.165) is 29.7 Å². The molecule has 1 aliphatic rings. The van der Waals surface area contributed by atoms with E-state index < -0.39 is 0 Å². The smallest absolute Gasteiger partial charge is 0.273 e. The number of rotatable bonds is 5. The molecule has 0 aliphatic heterocycles. The number of nitrogen functional groups attached to an aromatic ring is 1. The van der Waals surface area contributed by atoms with E-state index in [2.05, 4.69) is 21.6 Å². The van der Waals surface area contributed by atoms with Crippen LogP contribution in [0.1, 0.15) is 55.1 Å². The third-order valence-corrected chi connectivity index (χ3v) is 4.65. The lowest BCUT2D eigenvalue weighted by Crippen LogP contribution is -2.26. The fourth-order valence-corrected chi connectivity index (χ4v) is 3.39. The molecule has 0 radical (unpaired) electrons. The Labute approximate surface area is 136 Å². The van der Waals surface area contributed by atoms with Gasteiger partial charge in [-0.15, -0.1) is 10.2 Å². The summed E-state index contributed by atoms with van der Waals surface area (Å²) in [4.78, 5) is 12.1. The molecule has 1 saturated carbocycles. The van der Waals surface area contributed by atoms with Crippen molar-refractivity contribution in [2.45, 2.75) is 45.4 Å². The molecular weight excluding hydrogens is 288 g/mol. The van der Waals surface area contributed by atoms with Crippen LogP contribution in [-0.4, -0.2) is 22.6 Å². The van der Waals surface area contributed by atoms with Gasteiger partial charge in [0.15, 0.2) is 5.69 Å². The van der Waals surface area contributed by atoms with Crippen molar-refractivity contribution in [3.8, 4) is 0 Å². The summed E-state index contributed by atoms with van der Waals surface area (Å²) < 4.78 is 0. The molecule has 0 saturated heterocycles. The van der Waals surface area contributed by atoms with E-state index in [1.165, 1.54) is 31.2 Å². The van der Waals surface area contributed by atoms with E-state index in [9.17, 15) is 4.79 Å². The standard InChI is InChI=1S/C18H24N4O/c1-2-10-20-18(23)17-15(19)14-9-5-8-13(16(14)21-22-17)11-12-6-3-4-7-12/h5,8-9,12H,2-4,6-7,10-11H2,1H3,(H2,19,21)(H,20,23). The number of fused-ring (bicyclic) bond motifs is 1. The minimum Gasteiger partial charge on any atom is -0.396 e. The Bertz CT molecular complexity index is 707. The lowest BCUT2D eigenvalue weighted by molar-refractivity contribution is 0.0949. The Hall–Kier alpha value is -2.17. The molecule has 1 heterocycles. The van der Waals surface area contributed by atoms with Gasteiger partial charge in [-0.05, 0) is 24.3 Å². The molecule has 0 unspecified atom stereocenters. The summed E-state index contributed by atoms with van der Waals surface area (Å²) >= 11 is 0. The van der Waals surface area contributed by atoms with Gasteiger partial charge in [-0.25, -0.2) is 0 Å². The van der Waals surface area contributed by atoms with Crippen LogP contribution < -0.4 is 11.1 Å². The second-order valence-electron chi connectivity index (χ2n) is 6.39. The lowest BCUT2D eigenvalue weighted by Gasteiger charge is -2.13. The number of hydrogen-bond donors (Lipinski definition) is 2. The first-order valence-electron chi connectivity index (χ1n) is 8.52. The molecule has 122 valence electrons. The van der Waals surface area contributed by atoms with Gasteiger partial charge in [0, 0.05) is 11.9 Å². The number of anilines is 1. The van der Waals surface area contributed by atoms with Gasteiger partial charge in [-0.2, -0.15) is 0 Å². The highest BCUT2D eigenvalue weighted by Crippen LogP contribution is 2.31. The molecule has 1 aromatic heterocycles. The number of carbonyl (C=O) groups is 1. The van der Waals surface area contributed by atoms with E-state index in [-0.39, 0.29) is 11.6 Å². The predicted molar refractivity (Wildman–Crippen MR) is 92.2 cm³/mol. The lowest BCUT2D eigenvalue weighted by atomic mass is 9.96. The van der Waals surface area contributed by atoms with Crippen molar-refractivity contribution >= 4 is 22.5 Å². The average Bonchev–Trinajstić information content (AvgIpc) is 3.06. The normalized spacial score (nSPS) is 15.2. The summed E-state index contributed by atoms with van der Waals surface area (Å²) in [5.41, 5.74) is 8.88. The molecule has 1 fully saturated rings. The summed E-state index contributed by atoms with van der Waals surface area (Å²) in [7, 11) is 0. The number of nitrogens with two attached hydrogens (primary N) is 1. The van der Waals surface area contributed by atoms with E-state index in [1.54, 1.807) is 0 Å². The van der Waals surface area contributed by atoms with Crippen molar-refractivity contribution < 1.29 is 4.79 Å². The number of carbonyl (C=O) groups excluding carboxylic acids is 1. The van der Waals surface area contributed by atoms with Gasteiger partial charge in [0.05, 0.1) is 11.2 Å². The Morgan fingerprint density at radius 3 is 2.83 bits per heavy atom. The highest BCUT2D eigenvalue weighted by molar-refractivity contribution is 6.04. The first-order chi connectivity index (χ1) is 11.2. The quantitative estimate of drug-likeness (QED) is 0.889. The van der Waals surface area contributed by atoms with Crippen LogP contribution in [0.4, 0.5) is 5.69 Å². The summed E-state index contributed by atoms with van der Waals surface area (Å²) in [5.74, 6) is 0.482. The van der Waals surface area contributed by atoms with Gasteiger partial charge in [-0.1, -0.05) is 50.8 Å². The van der Waals surface area contributed by atoms with Crippen molar-refractivity contribution in [1.82, 2.24) is 15.5 Å². The molecular formula is C18H24N4O. The second-order valence-corrected chi connectivity index (χ2v) is 6.39. The fourth-order valence-electron chi connectivity index (χ4n) is 3.39. The van der Waals surface area contributed by atoms with Crippen LogP contribution in [0.2, 0.25) is 0 Å². The Morgan fingerprint density at radius 2 is 2.09 bits per heavy atom. The Balaban J connectivity index is 1.93. The largest absolute Gasteiger partial charge is 0.396 e. The minimum absolute atomic E-state index is 0.226. The number of amides is 1. The van der Waals surface area contributed by atoms with Crippen LogP contribution in [0, 0.1) is 5.92 Å². The molecule has 3 rings (SSSR count). The number of aromatic nitrogens is 2. The summed E-state index contributed by atoms with van der Waals surface area (Å²) in [5, 5.41) is 12.1. The van der Waals surface area contributed by atoms with Gasteiger partial charge in [-0.3, -0.25) is 4.79 Å². The van der Waals surface area contributed by atoms with Crippen LogP contribution in [0.25, 0.3) is 10.9 Å². The third-order valence-electron chi connectivity index (χ3n) is 4.65. The number of nitrogens with one attached hydrogen (secondary N) is 1. The maximum atomic E-state index is 12.1. The van der Waals surface area contributed by atoms with Crippen LogP contribution in [0.15, 0.2) is 18.2 Å². The molecule has 3 N–H and O–H groups in total. The summed E-state index contributed by atoms with van der Waals surface area (Å²) in [6.45, 7) is 2.62. The number of nitrogens with zero attached hydrogens (tertiary/aromatic N) is 2. The van der Waals surface area contributed by atoms with Crippen LogP contribution >= 0.6 is 0 Å². The van der Waals surface area contributed by atoms with Gasteiger partial charge >= 0.3 is 0 Å². The fraction of sp³-hybridized carbons (Fsp3) is 0.500. The molecule has 5 nitrogen and oxygen atoms in total. The number of benzene rings is 1. The van der Waals surface area contributed by atoms with E-state index in [4.69, 9.17) is 5.73 Å². The van der Waals surface area contributed by atoms with E-state index >= 15 is 0 Å². The van der Waals surface area contributed by atoms with Crippen LogP contribution in [0.3, 0.4) is 0 Å². The van der Waals surface area contributed by atoms with Gasteiger partial charge in [0.1, 0.15) is 0 Å². The SMILES string of the molecule is CCCNC(=O)c1nnc2c(CC3CCCC3)cccc2c1N. The van der Waals surface area contributed by atoms with Crippen molar-refractivity contribution in [1.29, 1.82) is 0 Å². The molecule has 0 spiro atoms. The first-order valence-corrected chi connectivity index (χ1v) is 8.52. The zero-order valence-electron chi connectivity index (χ0n) is 13.6. The number of hydrogen-bond acceptors (Lipinski definition) is 4. The third kappa shape index (κ3) is 3.28. The molecule has 23 heavy (non-hydrogen) atoms. The molecule has 5 heteroatoms. The Morgan fingerprint density at radius 1 is 1.30 bits per heavy atom. The van der Waals surface area contributed by atoms with E-state index in [0.29, 0.717) is 12.2 Å². The summed E-state index contributed by atoms with van der Waals surface area (Å²) in [6.07, 6.45) is 7.12. The van der Waals surface area contributed by atoms with Crippen molar-refractivity contribution in [3.63, 3.8) is 0 Å². The van der Waals surface area contributed by atoms with Crippen molar-refractivity contribution in [2.24, 2.45) is 5.92 Å². The monoisotopic (exact) mass is 312 g/mol. The average molecular weight is 312 g/mol. The molecule has 2 aromatic rings. The molecule has 0 atom stereocenters. The highest BCUT2D eigenvalue weighted by atomic mass is 16.1. The van der Waals surface area contributed by atoms with Crippen LogP contribution in [-0.2, 0) is 6.42 Å². The zero-order valence-corrected chi connectivity index (χ0v) is 13.6. The second kappa shape index (κ2) is 6.94. The highest BCUT2D eigenvalue weighted by Gasteiger charge is 2.19. The van der Waals surface area contributed by atoms with Crippen molar-refractivity contribution in [2.75, 3.05) is 12.3 Å². The molecule has 1 amide bonds. The van der Waals surface area contributed by atoms with E-state index in [1.807, 2.05) is 19.1 Å². The zero-order chi connectivity index (χ0) is 16.2. The van der Waals surface area contributed by atoms with Gasteiger partial charge in [0.2, 0.25) is 0 Å². The van der Waals surface area contributed by atoms with Crippen molar-refractivity contribution in [3.05, 3.63) is 29.5 Å². The van der Waals surface area contributed by atoms with Crippen LogP contribution in [0.5, 0.6) is 0 Å². The topological polar surface area (TPSA) is 80.9 Å². The maximum Gasteiger partial charge on any atom is 0.273 e. The predicted octanol–water partition coefficient (Wildman–Crippen LogP) is 3.08. The molecule has 1 aromatic carbocycles.